The van der Waals surface area contributed by atoms with Crippen LogP contribution in [0.4, 0.5) is 0 Å². The summed E-state index contributed by atoms with van der Waals surface area (Å²) in [6, 6.07) is 9.88. The zero-order valence-electron chi connectivity index (χ0n) is 14.6. The monoisotopic (exact) mass is 335 g/mol. The van der Waals surface area contributed by atoms with Crippen LogP contribution in [0.1, 0.15) is 38.2 Å². The molecule has 4 heteroatoms. The summed E-state index contributed by atoms with van der Waals surface area (Å²) in [6.07, 6.45) is 5.51. The van der Waals surface area contributed by atoms with Gasteiger partial charge < -0.3 is 10.4 Å². The third kappa shape index (κ3) is 4.48. The van der Waals surface area contributed by atoms with Crippen LogP contribution in [0.2, 0.25) is 0 Å². The standard InChI is InChI=1S/C21H21NO3/c1-5-16-6-8-17(9-7-16)12-18(21(24)25)22-20(23)19-14(3)10-13(2)11-15(19)4/h1,6-11,18H,12H2,2-4H3,(H,22,23)(H,24,25). The number of hydrogen-bond donors (Lipinski definition) is 2. The molecule has 0 bridgehead atoms. The van der Waals surface area contributed by atoms with Crippen LogP contribution in [0.15, 0.2) is 36.4 Å². The highest BCUT2D eigenvalue weighted by atomic mass is 16.4. The molecular weight excluding hydrogens is 314 g/mol. The van der Waals surface area contributed by atoms with Gasteiger partial charge in [-0.2, -0.15) is 0 Å². The molecule has 4 nitrogen and oxygen atoms in total. The van der Waals surface area contributed by atoms with Crippen molar-refractivity contribution in [3.8, 4) is 12.3 Å². The molecule has 0 aliphatic carbocycles. The Morgan fingerprint density at radius 3 is 2.16 bits per heavy atom. The number of carboxylic acid groups (broad SMARTS) is 1. The van der Waals surface area contributed by atoms with Crippen molar-refractivity contribution in [2.45, 2.75) is 33.2 Å². The molecule has 2 rings (SSSR count). The zero-order valence-corrected chi connectivity index (χ0v) is 14.6. The number of carboxylic acids is 1. The van der Waals surface area contributed by atoms with Crippen LogP contribution in [0.25, 0.3) is 0 Å². The summed E-state index contributed by atoms with van der Waals surface area (Å²) in [7, 11) is 0. The first-order chi connectivity index (χ1) is 11.8. The van der Waals surface area contributed by atoms with E-state index in [1.165, 1.54) is 0 Å². The summed E-state index contributed by atoms with van der Waals surface area (Å²) in [4.78, 5) is 24.2. The van der Waals surface area contributed by atoms with Gasteiger partial charge in [-0.05, 0) is 49.6 Å². The van der Waals surface area contributed by atoms with E-state index in [2.05, 4.69) is 11.2 Å². The molecule has 2 N–H and O–H groups in total. The normalized spacial score (nSPS) is 11.4. The van der Waals surface area contributed by atoms with E-state index in [4.69, 9.17) is 6.42 Å². The second-order valence-electron chi connectivity index (χ2n) is 6.18. The van der Waals surface area contributed by atoms with Crippen LogP contribution in [0, 0.1) is 33.1 Å². The molecule has 25 heavy (non-hydrogen) atoms. The topological polar surface area (TPSA) is 66.4 Å². The van der Waals surface area contributed by atoms with E-state index >= 15 is 0 Å². The molecule has 0 heterocycles. The highest BCUT2D eigenvalue weighted by Crippen LogP contribution is 2.17. The lowest BCUT2D eigenvalue weighted by Crippen LogP contribution is -2.42. The van der Waals surface area contributed by atoms with Crippen LogP contribution < -0.4 is 5.32 Å². The first-order valence-electron chi connectivity index (χ1n) is 7.99. The van der Waals surface area contributed by atoms with E-state index < -0.39 is 12.0 Å². The number of nitrogens with one attached hydrogen (secondary N) is 1. The van der Waals surface area contributed by atoms with Gasteiger partial charge in [0.15, 0.2) is 0 Å². The number of benzene rings is 2. The molecule has 0 radical (unpaired) electrons. The highest BCUT2D eigenvalue weighted by molar-refractivity contribution is 5.99. The summed E-state index contributed by atoms with van der Waals surface area (Å²) in [5.74, 6) is 1.07. The highest BCUT2D eigenvalue weighted by Gasteiger charge is 2.23. The molecular formula is C21H21NO3. The van der Waals surface area contributed by atoms with E-state index in [-0.39, 0.29) is 12.3 Å². The van der Waals surface area contributed by atoms with E-state index in [0.717, 1.165) is 27.8 Å². The van der Waals surface area contributed by atoms with Gasteiger partial charge in [0.1, 0.15) is 6.04 Å². The van der Waals surface area contributed by atoms with Gasteiger partial charge in [0, 0.05) is 17.5 Å². The summed E-state index contributed by atoms with van der Waals surface area (Å²) >= 11 is 0. The number of carbonyl (C=O) groups is 2. The molecule has 1 unspecified atom stereocenters. The van der Waals surface area contributed by atoms with Crippen LogP contribution in [0.5, 0.6) is 0 Å². The van der Waals surface area contributed by atoms with Gasteiger partial charge in [0.25, 0.3) is 5.91 Å². The SMILES string of the molecule is C#Cc1ccc(CC(NC(=O)c2c(C)cc(C)cc2C)C(=O)O)cc1. The third-order valence-electron chi connectivity index (χ3n) is 4.07. The molecule has 2 aromatic rings. The first kappa shape index (κ1) is 18.3. The molecule has 128 valence electrons. The fourth-order valence-corrected chi connectivity index (χ4v) is 2.94. The zero-order chi connectivity index (χ0) is 18.6. The van der Waals surface area contributed by atoms with Crippen molar-refractivity contribution in [3.05, 3.63) is 69.8 Å². The fourth-order valence-electron chi connectivity index (χ4n) is 2.94. The van der Waals surface area contributed by atoms with E-state index in [9.17, 15) is 14.7 Å². The Bertz CT molecular complexity index is 821. The van der Waals surface area contributed by atoms with E-state index in [0.29, 0.717) is 5.56 Å². The van der Waals surface area contributed by atoms with E-state index in [1.807, 2.05) is 32.9 Å². The number of hydrogen-bond acceptors (Lipinski definition) is 2. The molecule has 0 aliphatic heterocycles. The quantitative estimate of drug-likeness (QED) is 0.826. The fraction of sp³-hybridized carbons (Fsp3) is 0.238. The average Bonchev–Trinajstić information content (AvgIpc) is 2.53. The van der Waals surface area contributed by atoms with Gasteiger partial charge in [0.05, 0.1) is 0 Å². The Balaban J connectivity index is 2.20. The van der Waals surface area contributed by atoms with Gasteiger partial charge in [-0.15, -0.1) is 6.42 Å². The second kappa shape index (κ2) is 7.67. The molecule has 1 amide bonds. The summed E-state index contributed by atoms with van der Waals surface area (Å²) in [5.41, 5.74) is 4.78. The third-order valence-corrected chi connectivity index (χ3v) is 4.07. The average molecular weight is 335 g/mol. The molecule has 1 atom stereocenters. The minimum absolute atomic E-state index is 0.190. The number of rotatable bonds is 5. The molecule has 0 saturated carbocycles. The van der Waals surface area contributed by atoms with E-state index in [1.54, 1.807) is 24.3 Å². The van der Waals surface area contributed by atoms with Crippen molar-refractivity contribution < 1.29 is 14.7 Å². The van der Waals surface area contributed by atoms with Gasteiger partial charge in [-0.3, -0.25) is 4.79 Å². The maximum absolute atomic E-state index is 12.6. The maximum atomic E-state index is 12.6. The Morgan fingerprint density at radius 2 is 1.68 bits per heavy atom. The Kier molecular flexibility index (Phi) is 5.61. The van der Waals surface area contributed by atoms with Crippen LogP contribution >= 0.6 is 0 Å². The largest absolute Gasteiger partial charge is 0.480 e. The molecule has 0 aromatic heterocycles. The van der Waals surface area contributed by atoms with Crippen molar-refractivity contribution >= 4 is 11.9 Å². The number of terminal acetylenes is 1. The van der Waals surface area contributed by atoms with Crippen molar-refractivity contribution in [3.63, 3.8) is 0 Å². The Labute approximate surface area is 147 Å². The molecule has 0 aliphatic rings. The van der Waals surface area contributed by atoms with Crippen molar-refractivity contribution in [2.24, 2.45) is 0 Å². The minimum atomic E-state index is -1.07. The first-order valence-corrected chi connectivity index (χ1v) is 7.99. The number of aryl methyl sites for hydroxylation is 3. The van der Waals surface area contributed by atoms with Gasteiger partial charge in [0.2, 0.25) is 0 Å². The van der Waals surface area contributed by atoms with Gasteiger partial charge in [-0.25, -0.2) is 4.79 Å². The van der Waals surface area contributed by atoms with Gasteiger partial charge in [-0.1, -0.05) is 35.7 Å². The molecule has 0 spiro atoms. The van der Waals surface area contributed by atoms with Gasteiger partial charge >= 0.3 is 5.97 Å². The van der Waals surface area contributed by atoms with Crippen LogP contribution in [-0.2, 0) is 11.2 Å². The van der Waals surface area contributed by atoms with Crippen LogP contribution in [-0.4, -0.2) is 23.0 Å². The summed E-state index contributed by atoms with van der Waals surface area (Å²) in [5, 5.41) is 12.1. The second-order valence-corrected chi connectivity index (χ2v) is 6.18. The minimum Gasteiger partial charge on any atom is -0.480 e. The Morgan fingerprint density at radius 1 is 1.12 bits per heavy atom. The molecule has 2 aromatic carbocycles. The van der Waals surface area contributed by atoms with Crippen molar-refractivity contribution in [2.75, 3.05) is 0 Å². The summed E-state index contributed by atoms with van der Waals surface area (Å²) in [6.45, 7) is 5.66. The van der Waals surface area contributed by atoms with Crippen LogP contribution in [0.3, 0.4) is 0 Å². The lowest BCUT2D eigenvalue weighted by molar-refractivity contribution is -0.139. The molecule has 0 fully saturated rings. The molecule has 0 saturated heterocycles. The van der Waals surface area contributed by atoms with Crippen molar-refractivity contribution in [1.82, 2.24) is 5.32 Å². The number of aliphatic carboxylic acids is 1. The predicted octanol–water partition coefficient (Wildman–Crippen LogP) is 3.02. The number of carbonyl (C=O) groups excluding carboxylic acids is 1. The maximum Gasteiger partial charge on any atom is 0.326 e. The number of amides is 1. The predicted molar refractivity (Wildman–Crippen MR) is 97.6 cm³/mol. The lowest BCUT2D eigenvalue weighted by atomic mass is 9.98. The van der Waals surface area contributed by atoms with Crippen molar-refractivity contribution in [1.29, 1.82) is 0 Å². The Hall–Kier alpha value is -3.06. The lowest BCUT2D eigenvalue weighted by Gasteiger charge is -2.17. The summed E-state index contributed by atoms with van der Waals surface area (Å²) < 4.78 is 0. The smallest absolute Gasteiger partial charge is 0.326 e.